The third-order valence-corrected chi connectivity index (χ3v) is 8.75. The van der Waals surface area contributed by atoms with Gasteiger partial charge in [-0.15, -0.1) is 53.0 Å². The molecule has 0 saturated heterocycles. The van der Waals surface area contributed by atoms with Crippen molar-refractivity contribution in [3.05, 3.63) is 146 Å². The Bertz CT molecular complexity index is 2260. The number of rotatable bonds is 5. The van der Waals surface area contributed by atoms with Crippen LogP contribution in [0.4, 0.5) is 17.1 Å². The standard InChI is InChI=1S/C29H23N3.C12H10N.Ir/c1-2-3-17-30-19-31(27-14-7-6-13-26(27)30)20-15-16-22-24-11-8-10-23-21-9-4-5-12-25(21)32(29(23)24)28(22)18-20;1-10-7-8-12(13-9-10)11-5-3-2-4-6-11;/h4-14,16,18-19H,2-3,17H2,1H3;2-5,7-9H,1H3;/q-2;-1;+3. The van der Waals surface area contributed by atoms with Crippen molar-refractivity contribution in [2.24, 2.45) is 0 Å². The van der Waals surface area contributed by atoms with E-state index in [-0.39, 0.29) is 20.1 Å². The molecule has 9 rings (SSSR count). The summed E-state index contributed by atoms with van der Waals surface area (Å²) in [6, 6.07) is 47.2. The maximum atomic E-state index is 4.32. The SMILES string of the molecule is CCCCN1[CH-]N(c2[c-]cc3c4cccc5c6ccccc6n(c3c2)c54)c2ccccc21.Cc1ccc(-c2[c-]cccc2)nc1.[Ir+3]. The number of benzene rings is 5. The fourth-order valence-corrected chi connectivity index (χ4v) is 6.55. The second-order valence-corrected chi connectivity index (χ2v) is 11.7. The Morgan fingerprint density at radius 2 is 1.50 bits per heavy atom. The molecule has 0 radical (unpaired) electrons. The minimum atomic E-state index is 0. The van der Waals surface area contributed by atoms with Crippen LogP contribution in [0.3, 0.4) is 0 Å². The van der Waals surface area contributed by atoms with Crippen LogP contribution in [0.1, 0.15) is 25.3 Å². The number of nitrogens with zero attached hydrogens (tertiary/aromatic N) is 4. The summed E-state index contributed by atoms with van der Waals surface area (Å²) >= 11 is 0. The van der Waals surface area contributed by atoms with Gasteiger partial charge in [-0.1, -0.05) is 79.5 Å². The summed E-state index contributed by atoms with van der Waals surface area (Å²) in [5.74, 6) is 0. The molecular weight excluding hydrogens is 741 g/mol. The van der Waals surface area contributed by atoms with Crippen LogP contribution < -0.4 is 9.80 Å². The molecule has 0 unspecified atom stereocenters. The Kier molecular flexibility index (Phi) is 8.21. The Morgan fingerprint density at radius 3 is 2.28 bits per heavy atom. The van der Waals surface area contributed by atoms with Gasteiger partial charge >= 0.3 is 20.1 Å². The number of pyridine rings is 1. The molecule has 4 nitrogen and oxygen atoms in total. The number of aryl methyl sites for hydroxylation is 1. The van der Waals surface area contributed by atoms with Gasteiger partial charge in [0.25, 0.3) is 0 Å². The predicted octanol–water partition coefficient (Wildman–Crippen LogP) is 10.4. The fraction of sp³-hybridized carbons (Fsp3) is 0.122. The zero-order chi connectivity index (χ0) is 30.3. The van der Waals surface area contributed by atoms with Crippen molar-refractivity contribution in [2.75, 3.05) is 16.3 Å². The minimum absolute atomic E-state index is 0. The zero-order valence-corrected chi connectivity index (χ0v) is 28.3. The molecule has 0 N–H and O–H groups in total. The summed E-state index contributed by atoms with van der Waals surface area (Å²) in [4.78, 5) is 8.98. The van der Waals surface area contributed by atoms with E-state index in [0.29, 0.717) is 0 Å². The average molecular weight is 774 g/mol. The van der Waals surface area contributed by atoms with E-state index < -0.39 is 0 Å². The molecule has 1 aliphatic rings. The number of para-hydroxylation sites is 4. The monoisotopic (exact) mass is 774 g/mol. The number of aromatic nitrogens is 2. The summed E-state index contributed by atoms with van der Waals surface area (Å²) in [5.41, 5.74) is 10.6. The van der Waals surface area contributed by atoms with Gasteiger partial charge in [0, 0.05) is 33.9 Å². The number of unbranched alkanes of at least 4 members (excludes halogenated alkanes) is 1. The van der Waals surface area contributed by atoms with E-state index in [9.17, 15) is 0 Å². The summed E-state index contributed by atoms with van der Waals surface area (Å²) in [6.07, 6.45) is 4.23. The number of anilines is 3. The van der Waals surface area contributed by atoms with E-state index in [0.717, 1.165) is 23.5 Å². The maximum absolute atomic E-state index is 4.32. The molecule has 0 atom stereocenters. The first-order chi connectivity index (χ1) is 22.2. The third kappa shape index (κ3) is 5.10. The summed E-state index contributed by atoms with van der Waals surface area (Å²) in [7, 11) is 0. The molecule has 5 heteroatoms. The molecule has 4 heterocycles. The Morgan fingerprint density at radius 1 is 0.739 bits per heavy atom. The molecule has 0 saturated carbocycles. The van der Waals surface area contributed by atoms with Gasteiger partial charge in [-0.05, 0) is 54.7 Å². The molecule has 0 amide bonds. The molecule has 46 heavy (non-hydrogen) atoms. The normalized spacial score (nSPS) is 12.5. The minimum Gasteiger partial charge on any atom is -0.501 e. The second-order valence-electron chi connectivity index (χ2n) is 11.7. The molecule has 1 aliphatic heterocycles. The number of hydrogen-bond donors (Lipinski definition) is 0. The van der Waals surface area contributed by atoms with Gasteiger partial charge in [-0.3, -0.25) is 0 Å². The average Bonchev–Trinajstić information content (AvgIpc) is 3.75. The van der Waals surface area contributed by atoms with Crippen LogP contribution in [0, 0.1) is 25.7 Å². The van der Waals surface area contributed by atoms with Crippen LogP contribution in [-0.2, 0) is 20.1 Å². The summed E-state index contributed by atoms with van der Waals surface area (Å²) in [6.45, 7) is 7.55. The first-order valence-corrected chi connectivity index (χ1v) is 15.7. The fourth-order valence-electron chi connectivity index (χ4n) is 6.55. The molecule has 0 fully saturated rings. The van der Waals surface area contributed by atoms with Gasteiger partial charge in [0.2, 0.25) is 0 Å². The van der Waals surface area contributed by atoms with Crippen LogP contribution in [0.2, 0.25) is 0 Å². The van der Waals surface area contributed by atoms with Crippen LogP contribution in [0.25, 0.3) is 49.4 Å². The zero-order valence-electron chi connectivity index (χ0n) is 25.9. The van der Waals surface area contributed by atoms with Crippen LogP contribution in [0.5, 0.6) is 0 Å². The van der Waals surface area contributed by atoms with Crippen molar-refractivity contribution in [1.29, 1.82) is 0 Å². The van der Waals surface area contributed by atoms with Gasteiger partial charge in [0.05, 0.1) is 5.52 Å². The smallest absolute Gasteiger partial charge is 0.501 e. The summed E-state index contributed by atoms with van der Waals surface area (Å²) in [5, 5.41) is 5.19. The predicted molar refractivity (Wildman–Crippen MR) is 188 cm³/mol. The molecule has 0 spiro atoms. The van der Waals surface area contributed by atoms with Crippen LogP contribution in [-0.4, -0.2) is 15.9 Å². The molecule has 3 aromatic heterocycles. The van der Waals surface area contributed by atoms with Gasteiger partial charge in [-0.2, -0.15) is 18.8 Å². The van der Waals surface area contributed by atoms with Gasteiger partial charge in [0.15, 0.2) is 0 Å². The maximum Gasteiger partial charge on any atom is 3.00 e. The molecule has 5 aromatic carbocycles. The molecule has 0 aliphatic carbocycles. The van der Waals surface area contributed by atoms with Crippen molar-refractivity contribution in [1.82, 2.24) is 9.38 Å². The van der Waals surface area contributed by atoms with Crippen LogP contribution >= 0.6 is 0 Å². The quantitative estimate of drug-likeness (QED) is 0.163. The van der Waals surface area contributed by atoms with E-state index in [4.69, 9.17) is 0 Å². The summed E-state index contributed by atoms with van der Waals surface area (Å²) < 4.78 is 2.43. The van der Waals surface area contributed by atoms with E-state index in [1.54, 1.807) is 0 Å². The third-order valence-electron chi connectivity index (χ3n) is 8.75. The number of hydrogen-bond acceptors (Lipinski definition) is 3. The van der Waals surface area contributed by atoms with E-state index in [1.165, 1.54) is 67.9 Å². The Labute approximate surface area is 283 Å². The van der Waals surface area contributed by atoms with Crippen LogP contribution in [0.15, 0.2) is 121 Å². The second kappa shape index (κ2) is 12.6. The first-order valence-electron chi connectivity index (χ1n) is 15.7. The molecule has 0 bridgehead atoms. The molecule has 226 valence electrons. The van der Waals surface area contributed by atoms with Crippen molar-refractivity contribution in [3.63, 3.8) is 0 Å². The largest absolute Gasteiger partial charge is 3.00 e. The van der Waals surface area contributed by atoms with Crippen molar-refractivity contribution < 1.29 is 20.1 Å². The molecule has 8 aromatic rings. The van der Waals surface area contributed by atoms with Gasteiger partial charge < -0.3 is 19.2 Å². The van der Waals surface area contributed by atoms with E-state index >= 15 is 0 Å². The van der Waals surface area contributed by atoms with Gasteiger partial charge in [0.1, 0.15) is 0 Å². The number of fused-ring (bicyclic) bond motifs is 7. The first kappa shape index (κ1) is 30.0. The Hall–Kier alpha value is -4.70. The van der Waals surface area contributed by atoms with Gasteiger partial charge in [-0.25, -0.2) is 0 Å². The van der Waals surface area contributed by atoms with E-state index in [1.807, 2.05) is 43.5 Å². The Balaban J connectivity index is 0.000000204. The molecular formula is C41H33IrN4. The van der Waals surface area contributed by atoms with Crippen molar-refractivity contribution in [2.45, 2.75) is 26.7 Å². The van der Waals surface area contributed by atoms with Crippen molar-refractivity contribution in [3.8, 4) is 11.3 Å². The van der Waals surface area contributed by atoms with Crippen molar-refractivity contribution >= 4 is 55.2 Å². The topological polar surface area (TPSA) is 23.8 Å². The van der Waals surface area contributed by atoms with E-state index in [2.05, 4.69) is 130 Å².